The molecule has 2 aromatic carbocycles. The number of benzene rings is 2. The molecule has 0 radical (unpaired) electrons. The van der Waals surface area contributed by atoms with Crippen LogP contribution in [0.1, 0.15) is 31.9 Å². The number of aromatic nitrogens is 4. The zero-order chi connectivity index (χ0) is 27.3. The molecule has 2 heterocycles. The number of nitrogens with one attached hydrogen (secondary N) is 1. The van der Waals surface area contributed by atoms with Gasteiger partial charge in [-0.25, -0.2) is 23.4 Å². The molecule has 12 heteroatoms. The number of nitrogens with zero attached hydrogens (tertiary/aromatic N) is 4. The van der Waals surface area contributed by atoms with Crippen LogP contribution in [-0.2, 0) is 15.4 Å². The van der Waals surface area contributed by atoms with Gasteiger partial charge in [-0.2, -0.15) is 4.98 Å². The average molecular weight is 554 g/mol. The van der Waals surface area contributed by atoms with Crippen LogP contribution in [0.15, 0.2) is 71.9 Å². The molecule has 4 rings (SSSR count). The van der Waals surface area contributed by atoms with E-state index >= 15 is 0 Å². The second-order valence-corrected chi connectivity index (χ2v) is 11.1. The molecule has 39 heavy (non-hydrogen) atoms. The maximum atomic E-state index is 13.5. The normalized spacial score (nSPS) is 11.4. The molecule has 4 aromatic rings. The van der Waals surface area contributed by atoms with Crippen molar-refractivity contribution in [1.29, 1.82) is 0 Å². The van der Waals surface area contributed by atoms with Crippen molar-refractivity contribution in [2.45, 2.75) is 38.0 Å². The van der Waals surface area contributed by atoms with E-state index in [-0.39, 0.29) is 58.1 Å². The molecule has 4 N–H and O–H groups in total. The highest BCUT2D eigenvalue weighted by Crippen LogP contribution is 2.39. The highest BCUT2D eigenvalue weighted by molar-refractivity contribution is 7.92. The van der Waals surface area contributed by atoms with Gasteiger partial charge in [0.25, 0.3) is 15.9 Å². The fourth-order valence-corrected chi connectivity index (χ4v) is 4.45. The van der Waals surface area contributed by atoms with Crippen LogP contribution in [0.4, 0.5) is 5.82 Å². The fraction of sp³-hybridized carbons (Fsp3) is 0.259. The molecule has 0 fully saturated rings. The fourth-order valence-electron chi connectivity index (χ4n) is 3.45. The Kier molecular flexibility index (Phi) is 9.17. The Labute approximate surface area is 227 Å². The summed E-state index contributed by atoms with van der Waals surface area (Å²) in [4.78, 5) is 17.2. The van der Waals surface area contributed by atoms with E-state index in [4.69, 9.17) is 9.47 Å². The summed E-state index contributed by atoms with van der Waals surface area (Å²) in [5.41, 5.74) is 1.65. The van der Waals surface area contributed by atoms with E-state index in [9.17, 15) is 13.5 Å². The van der Waals surface area contributed by atoms with E-state index < -0.39 is 10.0 Å². The molecule has 0 amide bonds. The number of rotatable bonds is 9. The lowest BCUT2D eigenvalue weighted by atomic mass is 9.87. The van der Waals surface area contributed by atoms with Crippen LogP contribution >= 0.6 is 0 Å². The first kappa shape index (κ1) is 29.4. The summed E-state index contributed by atoms with van der Waals surface area (Å²) >= 11 is 0. The van der Waals surface area contributed by atoms with Crippen molar-refractivity contribution in [2.24, 2.45) is 0 Å². The smallest absolute Gasteiger partial charge is 0.263 e. The Morgan fingerprint density at radius 1 is 0.923 bits per heavy atom. The number of aliphatic hydroxyl groups excluding tert-OH is 1. The molecule has 0 aliphatic rings. The van der Waals surface area contributed by atoms with Gasteiger partial charge in [0, 0.05) is 12.4 Å². The van der Waals surface area contributed by atoms with Gasteiger partial charge in [0.1, 0.15) is 12.4 Å². The number of hydrogen-bond acceptors (Lipinski definition) is 9. The summed E-state index contributed by atoms with van der Waals surface area (Å²) in [5, 5.41) is 9.38. The zero-order valence-electron chi connectivity index (χ0n) is 22.0. The Bertz CT molecular complexity index is 1510. The van der Waals surface area contributed by atoms with Crippen molar-refractivity contribution in [3.8, 4) is 29.0 Å². The Balaban J connectivity index is 0.00000420. The molecule has 0 bridgehead atoms. The van der Waals surface area contributed by atoms with E-state index in [1.165, 1.54) is 24.5 Å². The maximum absolute atomic E-state index is 13.5. The van der Waals surface area contributed by atoms with E-state index in [1.807, 2.05) is 39.8 Å². The zero-order valence-corrected chi connectivity index (χ0v) is 22.9. The summed E-state index contributed by atoms with van der Waals surface area (Å²) in [6.07, 6.45) is 3.02. The molecule has 0 saturated heterocycles. The first-order chi connectivity index (χ1) is 18.1. The topological polar surface area (TPSA) is 168 Å². The first-order valence-electron chi connectivity index (χ1n) is 11.9. The van der Waals surface area contributed by atoms with Gasteiger partial charge < -0.3 is 20.1 Å². The maximum Gasteiger partial charge on any atom is 0.263 e. The predicted octanol–water partition coefficient (Wildman–Crippen LogP) is 3.68. The second-order valence-electron chi connectivity index (χ2n) is 9.42. The van der Waals surface area contributed by atoms with Crippen LogP contribution in [0.25, 0.3) is 11.6 Å². The number of aryl methyl sites for hydroxylation is 1. The summed E-state index contributed by atoms with van der Waals surface area (Å²) in [6, 6.07) is 15.5. The molecular formula is C27H31N5O6S. The van der Waals surface area contributed by atoms with Crippen LogP contribution in [0.2, 0.25) is 0 Å². The van der Waals surface area contributed by atoms with Crippen LogP contribution in [0.3, 0.4) is 0 Å². The largest absolute Gasteiger partial charge is 0.472 e. The number of para-hydroxylation sites is 1. The molecule has 0 unspecified atom stereocenters. The second kappa shape index (κ2) is 12.2. The summed E-state index contributed by atoms with van der Waals surface area (Å²) in [7, 11) is -4.10. The lowest BCUT2D eigenvalue weighted by Gasteiger charge is -2.20. The first-order valence-corrected chi connectivity index (χ1v) is 13.4. The Morgan fingerprint density at radius 2 is 1.59 bits per heavy atom. The Morgan fingerprint density at radius 3 is 2.21 bits per heavy atom. The van der Waals surface area contributed by atoms with Crippen molar-refractivity contribution in [3.63, 3.8) is 0 Å². The van der Waals surface area contributed by atoms with Gasteiger partial charge >= 0.3 is 0 Å². The van der Waals surface area contributed by atoms with Crippen molar-refractivity contribution >= 4 is 15.8 Å². The molecule has 0 spiro atoms. The van der Waals surface area contributed by atoms with Gasteiger partial charge in [0.2, 0.25) is 11.6 Å². The monoisotopic (exact) mass is 553 g/mol. The van der Waals surface area contributed by atoms with E-state index in [2.05, 4.69) is 24.7 Å². The molecule has 0 atom stereocenters. The quantitative estimate of drug-likeness (QED) is 0.314. The van der Waals surface area contributed by atoms with Crippen molar-refractivity contribution in [3.05, 3.63) is 78.1 Å². The van der Waals surface area contributed by atoms with Crippen molar-refractivity contribution < 1.29 is 28.5 Å². The third-order valence-corrected chi connectivity index (χ3v) is 6.85. The summed E-state index contributed by atoms with van der Waals surface area (Å²) in [5.74, 6) is 0.292. The predicted molar refractivity (Wildman–Crippen MR) is 146 cm³/mol. The third kappa shape index (κ3) is 7.05. The van der Waals surface area contributed by atoms with Gasteiger partial charge in [-0.1, -0.05) is 51.1 Å². The minimum absolute atomic E-state index is 0. The van der Waals surface area contributed by atoms with Crippen molar-refractivity contribution in [2.75, 3.05) is 17.9 Å². The Hall–Kier alpha value is -4.13. The lowest BCUT2D eigenvalue weighted by Crippen LogP contribution is -2.17. The van der Waals surface area contributed by atoms with Crippen LogP contribution in [0.5, 0.6) is 17.4 Å². The SMILES string of the molecule is Cc1ccccc1Oc1c(NS(=O)(=O)c2ccc(C(C)(C)C)cc2)nc(-c2ncccn2)nc1OCCO.O. The molecule has 0 saturated carbocycles. The van der Waals surface area contributed by atoms with Crippen LogP contribution in [-0.4, -0.2) is 52.2 Å². The van der Waals surface area contributed by atoms with Crippen molar-refractivity contribution in [1.82, 2.24) is 19.9 Å². The van der Waals surface area contributed by atoms with Gasteiger partial charge in [-0.15, -0.1) is 0 Å². The summed E-state index contributed by atoms with van der Waals surface area (Å²) in [6.45, 7) is 7.57. The van der Waals surface area contributed by atoms with E-state index in [1.54, 1.807) is 30.3 Å². The molecule has 206 valence electrons. The molecule has 2 aromatic heterocycles. The molecule has 0 aliphatic carbocycles. The highest BCUT2D eigenvalue weighted by Gasteiger charge is 2.26. The number of aliphatic hydroxyl groups is 1. The average Bonchev–Trinajstić information content (AvgIpc) is 2.89. The van der Waals surface area contributed by atoms with Crippen LogP contribution in [0, 0.1) is 6.92 Å². The molecule has 11 nitrogen and oxygen atoms in total. The minimum atomic E-state index is -4.10. The van der Waals surface area contributed by atoms with Gasteiger partial charge in [0.05, 0.1) is 11.5 Å². The number of hydrogen-bond donors (Lipinski definition) is 2. The third-order valence-electron chi connectivity index (χ3n) is 5.50. The van der Waals surface area contributed by atoms with Gasteiger partial charge in [-0.3, -0.25) is 4.72 Å². The van der Waals surface area contributed by atoms with E-state index in [0.29, 0.717) is 5.75 Å². The number of sulfonamides is 1. The standard InChI is InChI=1S/C27H29N5O5S.H2O/c1-18-8-5-6-9-21(18)37-22-23(32-38(34,35)20-12-10-19(11-13-20)27(2,3)4)30-25(24-28-14-7-15-29-24)31-26(22)36-17-16-33;/h5-15,33H,16-17H2,1-4H3,(H,30,31,32);1H2. The van der Waals surface area contributed by atoms with E-state index in [0.717, 1.165) is 11.1 Å². The lowest BCUT2D eigenvalue weighted by molar-refractivity contribution is 0.192. The highest BCUT2D eigenvalue weighted by atomic mass is 32.2. The molecule has 0 aliphatic heterocycles. The summed E-state index contributed by atoms with van der Waals surface area (Å²) < 4.78 is 41.2. The van der Waals surface area contributed by atoms with Gasteiger partial charge in [0.15, 0.2) is 11.6 Å². The van der Waals surface area contributed by atoms with Crippen LogP contribution < -0.4 is 14.2 Å². The minimum Gasteiger partial charge on any atom is -0.472 e. The van der Waals surface area contributed by atoms with Gasteiger partial charge in [-0.05, 0) is 47.7 Å². The molecular weight excluding hydrogens is 522 g/mol. The number of ether oxygens (including phenoxy) is 2. The number of anilines is 1.